The summed E-state index contributed by atoms with van der Waals surface area (Å²) in [6.45, 7) is 5.25. The van der Waals surface area contributed by atoms with Crippen LogP contribution in [0.1, 0.15) is 34.3 Å². The van der Waals surface area contributed by atoms with Crippen molar-refractivity contribution >= 4 is 11.6 Å². The molecule has 1 aliphatic rings. The monoisotopic (exact) mass is 246 g/mol. The van der Waals surface area contributed by atoms with Crippen LogP contribution < -0.4 is 0 Å². The Morgan fingerprint density at radius 2 is 1.94 bits per heavy atom. The lowest BCUT2D eigenvalue weighted by Gasteiger charge is -2.28. The summed E-state index contributed by atoms with van der Waals surface area (Å²) in [5, 5.41) is 11.9. The molecule has 1 aromatic rings. The molecule has 1 N–H and O–H groups in total. The van der Waals surface area contributed by atoms with E-state index in [0.29, 0.717) is 25.9 Å². The minimum absolute atomic E-state index is 0.0770. The van der Waals surface area contributed by atoms with Crippen molar-refractivity contribution in [3.63, 3.8) is 0 Å². The summed E-state index contributed by atoms with van der Waals surface area (Å²) in [6.07, 6.45) is 1.32. The number of carbonyl (C=O) groups excluding carboxylic acids is 1. The molecule has 1 heterocycles. The molecule has 0 spiro atoms. The maximum Gasteiger partial charge on any atom is 0.254 e. The Kier molecular flexibility index (Phi) is 3.65. The van der Waals surface area contributed by atoms with Crippen molar-refractivity contribution < 1.29 is 10.0 Å². The number of oxime groups is 1. The zero-order valence-corrected chi connectivity index (χ0v) is 10.8. The molecule has 0 saturated carbocycles. The minimum atomic E-state index is 0.0770. The summed E-state index contributed by atoms with van der Waals surface area (Å²) in [4.78, 5) is 14.2. The van der Waals surface area contributed by atoms with Gasteiger partial charge in [0.1, 0.15) is 0 Å². The Bertz CT molecular complexity index is 485. The standard InChI is InChI=1S/C14H18N2O2/c1-10-4-3-5-13(11(10)2)14(17)16-8-6-12(15-18)7-9-16/h3-5,18H,6-9H2,1-2H3. The number of piperidine rings is 1. The van der Waals surface area contributed by atoms with Gasteiger partial charge in [0.15, 0.2) is 0 Å². The normalized spacial score (nSPS) is 15.7. The summed E-state index contributed by atoms with van der Waals surface area (Å²) in [6, 6.07) is 5.80. The second kappa shape index (κ2) is 5.21. The van der Waals surface area contributed by atoms with Crippen LogP contribution in [-0.2, 0) is 0 Å². The summed E-state index contributed by atoms with van der Waals surface area (Å²) >= 11 is 0. The molecule has 0 unspecified atom stereocenters. The molecule has 1 aromatic carbocycles. The van der Waals surface area contributed by atoms with E-state index in [1.807, 2.05) is 36.9 Å². The first-order chi connectivity index (χ1) is 8.63. The summed E-state index contributed by atoms with van der Waals surface area (Å²) in [5.41, 5.74) is 3.74. The highest BCUT2D eigenvalue weighted by Crippen LogP contribution is 2.17. The van der Waals surface area contributed by atoms with Crippen molar-refractivity contribution in [2.75, 3.05) is 13.1 Å². The van der Waals surface area contributed by atoms with Crippen molar-refractivity contribution in [2.45, 2.75) is 26.7 Å². The number of likely N-dealkylation sites (tertiary alicyclic amines) is 1. The lowest BCUT2D eigenvalue weighted by molar-refractivity contribution is 0.0753. The van der Waals surface area contributed by atoms with Gasteiger partial charge in [0, 0.05) is 31.5 Å². The van der Waals surface area contributed by atoms with E-state index in [0.717, 1.165) is 22.4 Å². The van der Waals surface area contributed by atoms with E-state index in [9.17, 15) is 4.79 Å². The Hall–Kier alpha value is -1.84. The van der Waals surface area contributed by atoms with E-state index in [1.54, 1.807) is 0 Å². The van der Waals surface area contributed by atoms with Crippen LogP contribution in [0.25, 0.3) is 0 Å². The third-order valence-electron chi connectivity index (χ3n) is 3.60. The Morgan fingerprint density at radius 3 is 2.56 bits per heavy atom. The number of rotatable bonds is 1. The molecule has 1 aliphatic heterocycles. The van der Waals surface area contributed by atoms with Gasteiger partial charge < -0.3 is 10.1 Å². The van der Waals surface area contributed by atoms with Crippen LogP contribution in [0.2, 0.25) is 0 Å². The number of hydrogen-bond donors (Lipinski definition) is 1. The van der Waals surface area contributed by atoms with Crippen LogP contribution in [0.3, 0.4) is 0 Å². The van der Waals surface area contributed by atoms with Gasteiger partial charge in [-0.25, -0.2) is 0 Å². The molecule has 0 aromatic heterocycles. The van der Waals surface area contributed by atoms with Crippen LogP contribution in [-0.4, -0.2) is 34.8 Å². The topological polar surface area (TPSA) is 52.9 Å². The molecule has 1 amide bonds. The van der Waals surface area contributed by atoms with E-state index < -0.39 is 0 Å². The maximum absolute atomic E-state index is 12.4. The molecular weight excluding hydrogens is 228 g/mol. The Balaban J connectivity index is 2.15. The number of benzene rings is 1. The molecule has 1 saturated heterocycles. The predicted octanol–water partition coefficient (Wildman–Crippen LogP) is 2.37. The average Bonchev–Trinajstić information content (AvgIpc) is 2.41. The Morgan fingerprint density at radius 1 is 1.28 bits per heavy atom. The van der Waals surface area contributed by atoms with Crippen molar-refractivity contribution in [1.82, 2.24) is 4.90 Å². The second-order valence-electron chi connectivity index (χ2n) is 4.71. The first-order valence-electron chi connectivity index (χ1n) is 6.18. The smallest absolute Gasteiger partial charge is 0.254 e. The first-order valence-corrected chi connectivity index (χ1v) is 6.18. The van der Waals surface area contributed by atoms with E-state index in [1.165, 1.54) is 0 Å². The van der Waals surface area contributed by atoms with E-state index in [2.05, 4.69) is 5.16 Å². The van der Waals surface area contributed by atoms with E-state index in [-0.39, 0.29) is 5.91 Å². The molecule has 18 heavy (non-hydrogen) atoms. The molecule has 4 nitrogen and oxygen atoms in total. The quantitative estimate of drug-likeness (QED) is 0.611. The third kappa shape index (κ3) is 2.37. The molecule has 96 valence electrons. The predicted molar refractivity (Wildman–Crippen MR) is 70.3 cm³/mol. The number of amides is 1. The lowest BCUT2D eigenvalue weighted by Crippen LogP contribution is -2.39. The second-order valence-corrected chi connectivity index (χ2v) is 4.71. The van der Waals surface area contributed by atoms with E-state index >= 15 is 0 Å². The molecule has 0 aliphatic carbocycles. The van der Waals surface area contributed by atoms with Gasteiger partial charge >= 0.3 is 0 Å². The molecule has 2 rings (SSSR count). The zero-order chi connectivity index (χ0) is 13.1. The molecule has 0 bridgehead atoms. The SMILES string of the molecule is Cc1cccc(C(=O)N2CCC(=NO)CC2)c1C. The molecule has 0 atom stereocenters. The maximum atomic E-state index is 12.4. The zero-order valence-electron chi connectivity index (χ0n) is 10.8. The first kappa shape index (κ1) is 12.6. The highest BCUT2D eigenvalue weighted by Gasteiger charge is 2.22. The fourth-order valence-electron chi connectivity index (χ4n) is 2.22. The van der Waals surface area contributed by atoms with Gasteiger partial charge in [0.2, 0.25) is 0 Å². The van der Waals surface area contributed by atoms with Gasteiger partial charge in [0.05, 0.1) is 5.71 Å². The van der Waals surface area contributed by atoms with Crippen LogP contribution in [0.5, 0.6) is 0 Å². The number of hydrogen-bond acceptors (Lipinski definition) is 3. The van der Waals surface area contributed by atoms with E-state index in [4.69, 9.17) is 5.21 Å². The van der Waals surface area contributed by atoms with Gasteiger partial charge in [0.25, 0.3) is 5.91 Å². The third-order valence-corrected chi connectivity index (χ3v) is 3.60. The van der Waals surface area contributed by atoms with Crippen molar-refractivity contribution in [3.8, 4) is 0 Å². The van der Waals surface area contributed by atoms with Gasteiger partial charge in [-0.3, -0.25) is 4.79 Å². The highest BCUT2D eigenvalue weighted by molar-refractivity contribution is 5.97. The highest BCUT2D eigenvalue weighted by atomic mass is 16.4. The average molecular weight is 246 g/mol. The molecule has 1 fully saturated rings. The van der Waals surface area contributed by atoms with Crippen molar-refractivity contribution in [2.24, 2.45) is 5.16 Å². The molecule has 0 radical (unpaired) electrons. The molecule has 4 heteroatoms. The number of aryl methyl sites for hydroxylation is 1. The van der Waals surface area contributed by atoms with Crippen LogP contribution in [0.4, 0.5) is 0 Å². The largest absolute Gasteiger partial charge is 0.411 e. The van der Waals surface area contributed by atoms with Crippen LogP contribution in [0.15, 0.2) is 23.4 Å². The molecular formula is C14H18N2O2. The number of carbonyl (C=O) groups is 1. The summed E-state index contributed by atoms with van der Waals surface area (Å²) in [5.74, 6) is 0.0770. The van der Waals surface area contributed by atoms with Gasteiger partial charge in [-0.1, -0.05) is 17.3 Å². The fourth-order valence-corrected chi connectivity index (χ4v) is 2.22. The summed E-state index contributed by atoms with van der Waals surface area (Å²) in [7, 11) is 0. The van der Waals surface area contributed by atoms with Crippen molar-refractivity contribution in [1.29, 1.82) is 0 Å². The van der Waals surface area contributed by atoms with Crippen LogP contribution in [0, 0.1) is 13.8 Å². The summed E-state index contributed by atoms with van der Waals surface area (Å²) < 4.78 is 0. The number of nitrogens with zero attached hydrogens (tertiary/aromatic N) is 2. The lowest BCUT2D eigenvalue weighted by atomic mass is 10.0. The Labute approximate surface area is 107 Å². The fraction of sp³-hybridized carbons (Fsp3) is 0.429. The minimum Gasteiger partial charge on any atom is -0.411 e. The van der Waals surface area contributed by atoms with Gasteiger partial charge in [-0.2, -0.15) is 0 Å². The van der Waals surface area contributed by atoms with Gasteiger partial charge in [-0.15, -0.1) is 0 Å². The van der Waals surface area contributed by atoms with Crippen molar-refractivity contribution in [3.05, 3.63) is 34.9 Å². The van der Waals surface area contributed by atoms with Gasteiger partial charge in [-0.05, 0) is 31.0 Å². The van der Waals surface area contributed by atoms with Crippen LogP contribution >= 0.6 is 0 Å².